The lowest BCUT2D eigenvalue weighted by Crippen LogP contribution is -2.37. The molecule has 0 aliphatic rings. The lowest BCUT2D eigenvalue weighted by atomic mass is 10.1. The van der Waals surface area contributed by atoms with E-state index in [4.69, 9.17) is 18.5 Å². The zero-order valence-electron chi connectivity index (χ0n) is 38.0. The monoisotopic (exact) mass is 839 g/mol. The van der Waals surface area contributed by atoms with Crippen molar-refractivity contribution >= 4 is 19.8 Å². The van der Waals surface area contributed by atoms with Crippen LogP contribution in [0.2, 0.25) is 0 Å². The Bertz CT molecular complexity index is 1130. The van der Waals surface area contributed by atoms with Gasteiger partial charge in [0, 0.05) is 12.8 Å². The third-order valence-electron chi connectivity index (χ3n) is 9.83. The first-order valence-electron chi connectivity index (χ1n) is 23.4. The van der Waals surface area contributed by atoms with Crippen molar-refractivity contribution in [2.45, 2.75) is 200 Å². The van der Waals surface area contributed by atoms with Crippen molar-refractivity contribution in [3.63, 3.8) is 0 Å². The van der Waals surface area contributed by atoms with Gasteiger partial charge in [-0.2, -0.15) is 0 Å². The summed E-state index contributed by atoms with van der Waals surface area (Å²) in [4.78, 5) is 35.4. The maximum atomic E-state index is 12.7. The molecule has 0 spiro atoms. The van der Waals surface area contributed by atoms with Crippen LogP contribution < -0.4 is 0 Å². The Hall–Kier alpha value is -2.03. The fourth-order valence-electron chi connectivity index (χ4n) is 6.13. The first kappa shape index (κ1) is 56.0. The van der Waals surface area contributed by atoms with Crippen molar-refractivity contribution in [2.75, 3.05) is 47.5 Å². The van der Waals surface area contributed by atoms with Crippen LogP contribution in [-0.2, 0) is 32.7 Å². The van der Waals surface area contributed by atoms with E-state index >= 15 is 0 Å². The van der Waals surface area contributed by atoms with Crippen LogP contribution in [0.4, 0.5) is 0 Å². The van der Waals surface area contributed by atoms with E-state index in [-0.39, 0.29) is 32.0 Å². The van der Waals surface area contributed by atoms with Gasteiger partial charge in [-0.1, -0.05) is 152 Å². The van der Waals surface area contributed by atoms with Crippen LogP contribution in [0.1, 0.15) is 194 Å². The van der Waals surface area contributed by atoms with Gasteiger partial charge in [0.1, 0.15) is 19.8 Å². The normalized spacial score (nSPS) is 14.0. The number of carbonyl (C=O) groups is 2. The molecule has 0 saturated heterocycles. The highest BCUT2D eigenvalue weighted by Gasteiger charge is 2.27. The van der Waals surface area contributed by atoms with E-state index in [1.54, 1.807) is 0 Å². The van der Waals surface area contributed by atoms with E-state index < -0.39 is 26.5 Å². The highest BCUT2D eigenvalue weighted by atomic mass is 31.2. The molecule has 0 aromatic carbocycles. The summed E-state index contributed by atoms with van der Waals surface area (Å²) >= 11 is 0. The van der Waals surface area contributed by atoms with Crippen LogP contribution in [-0.4, -0.2) is 74.9 Å². The lowest BCUT2D eigenvalue weighted by molar-refractivity contribution is -0.870. The SMILES string of the molecule is CCCCC/C=C\C/C=C\C/C=C\CCCCCCC(=O)OC[C@H](COP(=O)(O)OCC[N+](C)(C)C)OC(=O)CCCCCCCCC/C=C\CCCCCCCC. The molecule has 10 heteroatoms. The molecule has 0 rings (SSSR count). The van der Waals surface area contributed by atoms with Gasteiger partial charge in [0.25, 0.3) is 0 Å². The summed E-state index contributed by atoms with van der Waals surface area (Å²) in [6, 6.07) is 0. The summed E-state index contributed by atoms with van der Waals surface area (Å²) in [5.74, 6) is -0.828. The Morgan fingerprint density at radius 2 is 0.931 bits per heavy atom. The van der Waals surface area contributed by atoms with Crippen LogP contribution >= 0.6 is 7.82 Å². The van der Waals surface area contributed by atoms with Crippen molar-refractivity contribution < 1.29 is 42.1 Å². The maximum absolute atomic E-state index is 12.7. The van der Waals surface area contributed by atoms with Crippen LogP contribution in [0.15, 0.2) is 48.6 Å². The predicted octanol–water partition coefficient (Wildman–Crippen LogP) is 13.5. The van der Waals surface area contributed by atoms with Gasteiger partial charge in [0.15, 0.2) is 6.10 Å². The van der Waals surface area contributed by atoms with E-state index in [0.717, 1.165) is 64.2 Å². The molecule has 0 aromatic rings. The summed E-state index contributed by atoms with van der Waals surface area (Å²) in [6.45, 7) is 4.36. The average molecular weight is 839 g/mol. The number of allylic oxidation sites excluding steroid dienone is 8. The smallest absolute Gasteiger partial charge is 0.462 e. The maximum Gasteiger partial charge on any atom is 0.472 e. The highest BCUT2D eigenvalue weighted by Crippen LogP contribution is 2.43. The highest BCUT2D eigenvalue weighted by molar-refractivity contribution is 7.47. The summed E-state index contributed by atoms with van der Waals surface area (Å²) in [7, 11) is 1.46. The molecule has 0 aliphatic carbocycles. The second-order valence-electron chi connectivity index (χ2n) is 16.8. The number of ether oxygens (including phenoxy) is 2. The van der Waals surface area contributed by atoms with Crippen LogP contribution in [0, 0.1) is 0 Å². The topological polar surface area (TPSA) is 108 Å². The van der Waals surface area contributed by atoms with Gasteiger partial charge in [-0.05, 0) is 77.0 Å². The molecule has 0 radical (unpaired) electrons. The molecule has 0 heterocycles. The number of nitrogens with zero attached hydrogens (tertiary/aromatic N) is 1. The molecule has 338 valence electrons. The second kappa shape index (κ2) is 40.4. The van der Waals surface area contributed by atoms with E-state index in [1.807, 2.05) is 21.1 Å². The van der Waals surface area contributed by atoms with Gasteiger partial charge in [-0.25, -0.2) is 4.57 Å². The van der Waals surface area contributed by atoms with E-state index in [9.17, 15) is 19.0 Å². The number of esters is 2. The minimum atomic E-state index is -4.38. The van der Waals surface area contributed by atoms with Gasteiger partial charge >= 0.3 is 19.8 Å². The molecule has 0 fully saturated rings. The minimum Gasteiger partial charge on any atom is -0.462 e. The molecule has 58 heavy (non-hydrogen) atoms. The van der Waals surface area contributed by atoms with E-state index in [1.165, 1.54) is 89.9 Å². The molecular formula is C48H89NO8P+. The largest absolute Gasteiger partial charge is 0.472 e. The van der Waals surface area contributed by atoms with Gasteiger partial charge in [0.2, 0.25) is 0 Å². The first-order chi connectivity index (χ1) is 28.0. The molecule has 0 saturated carbocycles. The quantitative estimate of drug-likeness (QED) is 0.0213. The number of phosphoric acid groups is 1. The Morgan fingerprint density at radius 1 is 0.534 bits per heavy atom. The molecule has 9 nitrogen and oxygen atoms in total. The second-order valence-corrected chi connectivity index (χ2v) is 18.2. The van der Waals surface area contributed by atoms with Crippen LogP contribution in [0.25, 0.3) is 0 Å². The molecule has 0 amide bonds. The predicted molar refractivity (Wildman–Crippen MR) is 243 cm³/mol. The first-order valence-corrected chi connectivity index (χ1v) is 24.9. The summed E-state index contributed by atoms with van der Waals surface area (Å²) in [5.41, 5.74) is 0. The third-order valence-corrected chi connectivity index (χ3v) is 10.8. The standard InChI is InChI=1S/C48H88NO8P/c1-6-8-10-12-14-16-18-20-22-24-26-28-30-32-34-36-38-40-47(50)54-44-46(45-56-58(52,53)55-43-42-49(3,4)5)57-48(51)41-39-37-35-33-31-29-27-25-23-21-19-17-15-13-11-9-7-2/h14,16,20-23,26,28,46H,6-13,15,17-19,24-25,27,29-45H2,1-5H3/p+1/b16-14-,22-20-,23-21-,28-26-/t46-/m1/s1. The number of unbranched alkanes of at least 4 members (excludes halogenated alkanes) is 20. The minimum absolute atomic E-state index is 0.0259. The number of phosphoric ester groups is 1. The van der Waals surface area contributed by atoms with Gasteiger partial charge in [-0.3, -0.25) is 18.6 Å². The van der Waals surface area contributed by atoms with Gasteiger partial charge < -0.3 is 18.9 Å². The van der Waals surface area contributed by atoms with Crippen molar-refractivity contribution in [3.05, 3.63) is 48.6 Å². The van der Waals surface area contributed by atoms with Crippen molar-refractivity contribution in [2.24, 2.45) is 0 Å². The Balaban J connectivity index is 4.37. The number of hydrogen-bond acceptors (Lipinski definition) is 7. The summed E-state index contributed by atoms with van der Waals surface area (Å²) < 4.78 is 34.3. The number of rotatable bonds is 42. The fourth-order valence-corrected chi connectivity index (χ4v) is 6.87. The molecular weight excluding hydrogens is 750 g/mol. The Labute approximate surface area is 356 Å². The summed E-state index contributed by atoms with van der Waals surface area (Å²) in [6.07, 6.45) is 47.2. The number of likely N-dealkylation sites (N-methyl/N-ethyl adjacent to an activating group) is 1. The van der Waals surface area contributed by atoms with Crippen molar-refractivity contribution in [1.29, 1.82) is 0 Å². The number of carbonyl (C=O) groups excluding carboxylic acids is 2. The van der Waals surface area contributed by atoms with E-state index in [2.05, 4.69) is 62.5 Å². The van der Waals surface area contributed by atoms with Crippen LogP contribution in [0.3, 0.4) is 0 Å². The van der Waals surface area contributed by atoms with Gasteiger partial charge in [0.05, 0.1) is 27.7 Å². The molecule has 2 atom stereocenters. The molecule has 0 aliphatic heterocycles. The molecule has 1 unspecified atom stereocenters. The third kappa shape index (κ3) is 43.5. The van der Waals surface area contributed by atoms with Crippen molar-refractivity contribution in [1.82, 2.24) is 0 Å². The fraction of sp³-hybridized carbons (Fsp3) is 0.792. The van der Waals surface area contributed by atoms with Crippen LogP contribution in [0.5, 0.6) is 0 Å². The van der Waals surface area contributed by atoms with Crippen molar-refractivity contribution in [3.8, 4) is 0 Å². The average Bonchev–Trinajstić information content (AvgIpc) is 3.17. The zero-order valence-corrected chi connectivity index (χ0v) is 38.9. The molecule has 1 N–H and O–H groups in total. The molecule has 0 bridgehead atoms. The number of quaternary nitrogens is 1. The lowest BCUT2D eigenvalue weighted by Gasteiger charge is -2.24. The number of hydrogen-bond donors (Lipinski definition) is 1. The zero-order chi connectivity index (χ0) is 42.8. The van der Waals surface area contributed by atoms with E-state index in [0.29, 0.717) is 23.9 Å². The Kier molecular flexibility index (Phi) is 39.0. The summed E-state index contributed by atoms with van der Waals surface area (Å²) in [5, 5.41) is 0. The Morgan fingerprint density at radius 3 is 1.43 bits per heavy atom. The van der Waals surface area contributed by atoms with Gasteiger partial charge in [-0.15, -0.1) is 0 Å². The molecule has 0 aromatic heterocycles.